The zero-order chi connectivity index (χ0) is 9.68. The van der Waals surface area contributed by atoms with Crippen molar-refractivity contribution in [3.8, 4) is 0 Å². The van der Waals surface area contributed by atoms with Crippen LogP contribution in [0.3, 0.4) is 0 Å². The molecular formula is C9H18N2O2. The van der Waals surface area contributed by atoms with Gasteiger partial charge in [-0.3, -0.25) is 0 Å². The van der Waals surface area contributed by atoms with Gasteiger partial charge in [-0.15, -0.1) is 0 Å². The van der Waals surface area contributed by atoms with Gasteiger partial charge in [-0.25, -0.2) is 4.79 Å². The first-order chi connectivity index (χ1) is 6.25. The van der Waals surface area contributed by atoms with E-state index in [0.717, 1.165) is 13.0 Å². The highest BCUT2D eigenvalue weighted by molar-refractivity contribution is 5.74. The monoisotopic (exact) mass is 186 g/mol. The van der Waals surface area contributed by atoms with E-state index in [1.807, 2.05) is 18.7 Å². The summed E-state index contributed by atoms with van der Waals surface area (Å²) in [6.45, 7) is 6.82. The normalized spacial score (nSPS) is 22.9. The molecule has 0 aliphatic carbocycles. The van der Waals surface area contributed by atoms with Crippen LogP contribution < -0.4 is 5.32 Å². The number of nitrogens with zero attached hydrogens (tertiary/aromatic N) is 1. The number of morpholine rings is 1. The van der Waals surface area contributed by atoms with E-state index < -0.39 is 0 Å². The van der Waals surface area contributed by atoms with Crippen LogP contribution in [0.15, 0.2) is 0 Å². The van der Waals surface area contributed by atoms with Crippen molar-refractivity contribution in [3.63, 3.8) is 0 Å². The summed E-state index contributed by atoms with van der Waals surface area (Å²) in [6, 6.07) is 0.239. The summed E-state index contributed by atoms with van der Waals surface area (Å²) in [6.07, 6.45) is 0.977. The molecule has 1 aliphatic rings. The fraction of sp³-hybridized carbons (Fsp3) is 0.889. The molecule has 0 aromatic carbocycles. The summed E-state index contributed by atoms with van der Waals surface area (Å²) in [4.78, 5) is 13.4. The van der Waals surface area contributed by atoms with Gasteiger partial charge in [0.25, 0.3) is 0 Å². The lowest BCUT2D eigenvalue weighted by atomic mass is 10.3. The highest BCUT2D eigenvalue weighted by Gasteiger charge is 2.22. The molecule has 0 aromatic rings. The fourth-order valence-corrected chi connectivity index (χ4v) is 1.36. The zero-order valence-corrected chi connectivity index (χ0v) is 8.38. The average molecular weight is 186 g/mol. The number of hydrogen-bond acceptors (Lipinski definition) is 2. The second kappa shape index (κ2) is 5.07. The molecule has 4 nitrogen and oxygen atoms in total. The predicted molar refractivity (Wildman–Crippen MR) is 50.7 cm³/mol. The minimum Gasteiger partial charge on any atom is -0.377 e. The largest absolute Gasteiger partial charge is 0.377 e. The van der Waals surface area contributed by atoms with E-state index in [9.17, 15) is 4.79 Å². The van der Waals surface area contributed by atoms with E-state index in [2.05, 4.69) is 5.32 Å². The minimum absolute atomic E-state index is 0.0395. The van der Waals surface area contributed by atoms with Crippen LogP contribution in [0, 0.1) is 0 Å². The molecule has 2 amide bonds. The molecule has 1 unspecified atom stereocenters. The van der Waals surface area contributed by atoms with Gasteiger partial charge in [-0.2, -0.15) is 0 Å². The lowest BCUT2D eigenvalue weighted by Crippen LogP contribution is -2.51. The smallest absolute Gasteiger partial charge is 0.317 e. The quantitative estimate of drug-likeness (QED) is 0.694. The van der Waals surface area contributed by atoms with E-state index in [4.69, 9.17) is 4.74 Å². The number of hydrogen-bond donors (Lipinski definition) is 1. The highest BCUT2D eigenvalue weighted by Crippen LogP contribution is 2.05. The second-order valence-electron chi connectivity index (χ2n) is 3.35. The number of ether oxygens (including phenoxy) is 1. The van der Waals surface area contributed by atoms with E-state index in [-0.39, 0.29) is 12.1 Å². The molecule has 0 saturated carbocycles. The van der Waals surface area contributed by atoms with Gasteiger partial charge in [0.15, 0.2) is 0 Å². The van der Waals surface area contributed by atoms with Crippen LogP contribution in [-0.4, -0.2) is 43.3 Å². The van der Waals surface area contributed by atoms with Gasteiger partial charge >= 0.3 is 6.03 Å². The van der Waals surface area contributed by atoms with Gasteiger partial charge in [0.1, 0.15) is 0 Å². The Balaban J connectivity index is 2.35. The summed E-state index contributed by atoms with van der Waals surface area (Å²) in [5, 5.41) is 2.86. The third kappa shape index (κ3) is 2.88. The standard InChI is InChI=1S/C9H18N2O2/c1-3-4-10-9(12)11-5-6-13-7-8(11)2/h8H,3-7H2,1-2H3,(H,10,12). The molecule has 0 aromatic heterocycles. The number of rotatable bonds is 2. The van der Waals surface area contributed by atoms with Gasteiger partial charge in [0, 0.05) is 13.1 Å². The molecule has 76 valence electrons. The Morgan fingerprint density at radius 3 is 3.08 bits per heavy atom. The summed E-state index contributed by atoms with van der Waals surface area (Å²) >= 11 is 0. The maximum absolute atomic E-state index is 11.5. The van der Waals surface area contributed by atoms with Crippen molar-refractivity contribution in [2.24, 2.45) is 0 Å². The summed E-state index contributed by atoms with van der Waals surface area (Å²) in [5.41, 5.74) is 0. The Kier molecular flexibility index (Phi) is 4.02. The molecule has 1 rings (SSSR count). The van der Waals surface area contributed by atoms with Crippen molar-refractivity contribution in [2.75, 3.05) is 26.3 Å². The average Bonchev–Trinajstić information content (AvgIpc) is 2.15. The molecule has 0 spiro atoms. The lowest BCUT2D eigenvalue weighted by molar-refractivity contribution is 0.0191. The summed E-state index contributed by atoms with van der Waals surface area (Å²) in [5.74, 6) is 0. The van der Waals surface area contributed by atoms with Crippen LogP contribution >= 0.6 is 0 Å². The maximum atomic E-state index is 11.5. The van der Waals surface area contributed by atoms with E-state index in [1.165, 1.54) is 0 Å². The molecule has 1 heterocycles. The Morgan fingerprint density at radius 2 is 2.46 bits per heavy atom. The van der Waals surface area contributed by atoms with Gasteiger partial charge in [0.2, 0.25) is 0 Å². The minimum atomic E-state index is 0.0395. The van der Waals surface area contributed by atoms with Crippen LogP contribution in [0.25, 0.3) is 0 Å². The number of nitrogens with one attached hydrogen (secondary N) is 1. The first kappa shape index (κ1) is 10.3. The van der Waals surface area contributed by atoms with Crippen molar-refractivity contribution in [2.45, 2.75) is 26.3 Å². The highest BCUT2D eigenvalue weighted by atomic mass is 16.5. The second-order valence-corrected chi connectivity index (χ2v) is 3.35. The van der Waals surface area contributed by atoms with Crippen molar-refractivity contribution in [3.05, 3.63) is 0 Å². The van der Waals surface area contributed by atoms with Crippen LogP contribution in [0.5, 0.6) is 0 Å². The zero-order valence-electron chi connectivity index (χ0n) is 8.38. The van der Waals surface area contributed by atoms with Crippen LogP contribution in [-0.2, 0) is 4.74 Å². The van der Waals surface area contributed by atoms with Gasteiger partial charge < -0.3 is 15.0 Å². The molecule has 0 radical (unpaired) electrons. The first-order valence-electron chi connectivity index (χ1n) is 4.88. The summed E-state index contributed by atoms with van der Waals surface area (Å²) in [7, 11) is 0. The van der Waals surface area contributed by atoms with E-state index >= 15 is 0 Å². The Morgan fingerprint density at radius 1 is 1.69 bits per heavy atom. The molecular weight excluding hydrogens is 168 g/mol. The Labute approximate surface area is 79.2 Å². The molecule has 13 heavy (non-hydrogen) atoms. The molecule has 1 aliphatic heterocycles. The topological polar surface area (TPSA) is 41.6 Å². The van der Waals surface area contributed by atoms with E-state index in [1.54, 1.807) is 0 Å². The SMILES string of the molecule is CCCNC(=O)N1CCOCC1C. The number of urea groups is 1. The fourth-order valence-electron chi connectivity index (χ4n) is 1.36. The molecule has 1 N–H and O–H groups in total. The van der Waals surface area contributed by atoms with Crippen molar-refractivity contribution < 1.29 is 9.53 Å². The maximum Gasteiger partial charge on any atom is 0.317 e. The lowest BCUT2D eigenvalue weighted by Gasteiger charge is -2.33. The molecule has 1 atom stereocenters. The van der Waals surface area contributed by atoms with Gasteiger partial charge in [-0.05, 0) is 13.3 Å². The number of amides is 2. The number of carbonyl (C=O) groups excluding carboxylic acids is 1. The van der Waals surface area contributed by atoms with Crippen molar-refractivity contribution >= 4 is 6.03 Å². The summed E-state index contributed by atoms with van der Waals surface area (Å²) < 4.78 is 5.24. The van der Waals surface area contributed by atoms with Gasteiger partial charge in [-0.1, -0.05) is 6.92 Å². The first-order valence-corrected chi connectivity index (χ1v) is 4.88. The van der Waals surface area contributed by atoms with Crippen LogP contribution in [0.1, 0.15) is 20.3 Å². The Hall–Kier alpha value is -0.770. The van der Waals surface area contributed by atoms with Crippen molar-refractivity contribution in [1.82, 2.24) is 10.2 Å². The molecule has 4 heteroatoms. The van der Waals surface area contributed by atoms with Crippen LogP contribution in [0.2, 0.25) is 0 Å². The molecule has 1 saturated heterocycles. The Bertz CT molecular complexity index is 173. The number of carbonyl (C=O) groups is 1. The third-order valence-electron chi connectivity index (χ3n) is 2.15. The van der Waals surface area contributed by atoms with Crippen LogP contribution in [0.4, 0.5) is 4.79 Å². The third-order valence-corrected chi connectivity index (χ3v) is 2.15. The van der Waals surface area contributed by atoms with E-state index in [0.29, 0.717) is 19.8 Å². The van der Waals surface area contributed by atoms with Crippen molar-refractivity contribution in [1.29, 1.82) is 0 Å². The van der Waals surface area contributed by atoms with Gasteiger partial charge in [0.05, 0.1) is 19.3 Å². The predicted octanol–water partition coefficient (Wildman–Crippen LogP) is 0.827. The molecule has 0 bridgehead atoms. The molecule has 1 fully saturated rings.